The van der Waals surface area contributed by atoms with Gasteiger partial charge in [0.2, 0.25) is 0 Å². The molecule has 10 nitrogen and oxygen atoms in total. The number of carbonyl (C=O) groups is 2. The van der Waals surface area contributed by atoms with Crippen LogP contribution in [0, 0.1) is 0 Å². The van der Waals surface area contributed by atoms with Crippen LogP contribution in [0.3, 0.4) is 0 Å². The second-order valence-electron chi connectivity index (χ2n) is 16.2. The van der Waals surface area contributed by atoms with Gasteiger partial charge >= 0.3 is 19.8 Å². The molecule has 0 aliphatic carbocycles. The first kappa shape index (κ1) is 55.0. The second-order valence-corrected chi connectivity index (χ2v) is 17.6. The summed E-state index contributed by atoms with van der Waals surface area (Å²) in [4.78, 5) is 35.0. The summed E-state index contributed by atoms with van der Waals surface area (Å²) in [6.07, 6.45) is 39.2. The Balaban J connectivity index is 4.19. The third-order valence-electron chi connectivity index (χ3n) is 10.5. The summed E-state index contributed by atoms with van der Waals surface area (Å²) in [5.41, 5.74) is 0. The van der Waals surface area contributed by atoms with Crippen LogP contribution in [0.25, 0.3) is 0 Å². The van der Waals surface area contributed by atoms with Crippen LogP contribution in [0.4, 0.5) is 0 Å². The number of phosphoric acid groups is 1. The first-order chi connectivity index (χ1) is 27.2. The standard InChI is InChI=1S/C45H89O10P/c1-3-5-7-9-11-13-15-17-19-20-21-23-25-27-29-31-33-35-37-45(49)55-43(41-54-56(50,51)53-39-42(47)38-46)40-52-44(48)36-34-32-30-28-26-24-22-18-16-14-12-10-8-6-4-2/h42-43,46-47H,3-41H2,1-2H3,(H,50,51). The van der Waals surface area contributed by atoms with Gasteiger partial charge in [-0.25, -0.2) is 4.57 Å². The maximum absolute atomic E-state index is 12.6. The van der Waals surface area contributed by atoms with E-state index in [1.807, 2.05) is 0 Å². The van der Waals surface area contributed by atoms with Gasteiger partial charge in [0.05, 0.1) is 19.8 Å². The number of hydrogen-bond donors (Lipinski definition) is 3. The fourth-order valence-corrected chi connectivity index (χ4v) is 7.67. The molecule has 0 saturated carbocycles. The first-order valence-corrected chi connectivity index (χ1v) is 25.0. The number of aliphatic hydroxyl groups is 2. The van der Waals surface area contributed by atoms with Crippen LogP contribution in [0.5, 0.6) is 0 Å². The van der Waals surface area contributed by atoms with Crippen LogP contribution in [0.2, 0.25) is 0 Å². The molecule has 0 fully saturated rings. The molecule has 0 aromatic heterocycles. The van der Waals surface area contributed by atoms with Gasteiger partial charge in [-0.2, -0.15) is 0 Å². The average Bonchev–Trinajstić information content (AvgIpc) is 3.19. The molecular weight excluding hydrogens is 731 g/mol. The van der Waals surface area contributed by atoms with E-state index in [0.717, 1.165) is 32.1 Å². The van der Waals surface area contributed by atoms with E-state index in [1.165, 1.54) is 167 Å². The summed E-state index contributed by atoms with van der Waals surface area (Å²) in [5.74, 6) is -0.906. The van der Waals surface area contributed by atoms with Crippen molar-refractivity contribution in [3.8, 4) is 0 Å². The van der Waals surface area contributed by atoms with E-state index in [1.54, 1.807) is 0 Å². The molecular formula is C45H89O10P. The number of carbonyl (C=O) groups excluding carboxylic acids is 2. The van der Waals surface area contributed by atoms with Crippen molar-refractivity contribution < 1.29 is 47.8 Å². The summed E-state index contributed by atoms with van der Waals surface area (Å²) in [6.45, 7) is 2.43. The number of phosphoric ester groups is 1. The Morgan fingerprint density at radius 1 is 0.464 bits per heavy atom. The number of ether oxygens (including phenoxy) is 2. The minimum Gasteiger partial charge on any atom is -0.462 e. The number of unbranched alkanes of at least 4 members (excludes halogenated alkanes) is 31. The Kier molecular flexibility index (Phi) is 41.3. The van der Waals surface area contributed by atoms with Gasteiger partial charge in [-0.15, -0.1) is 0 Å². The molecule has 3 atom stereocenters. The highest BCUT2D eigenvalue weighted by Crippen LogP contribution is 2.43. The molecule has 334 valence electrons. The van der Waals surface area contributed by atoms with E-state index >= 15 is 0 Å². The Labute approximate surface area is 344 Å². The summed E-state index contributed by atoms with van der Waals surface area (Å²) in [5, 5.41) is 18.4. The molecule has 0 aromatic rings. The zero-order valence-electron chi connectivity index (χ0n) is 36.4. The van der Waals surface area contributed by atoms with Gasteiger partial charge in [0, 0.05) is 12.8 Å². The van der Waals surface area contributed by atoms with Crippen LogP contribution < -0.4 is 0 Å². The van der Waals surface area contributed by atoms with Crippen molar-refractivity contribution in [2.75, 3.05) is 26.4 Å². The van der Waals surface area contributed by atoms with E-state index in [9.17, 15) is 24.2 Å². The third-order valence-corrected chi connectivity index (χ3v) is 11.5. The van der Waals surface area contributed by atoms with E-state index in [-0.39, 0.29) is 19.4 Å². The zero-order valence-corrected chi connectivity index (χ0v) is 37.3. The summed E-state index contributed by atoms with van der Waals surface area (Å²) >= 11 is 0. The molecule has 3 unspecified atom stereocenters. The number of esters is 2. The van der Waals surface area contributed by atoms with Crippen molar-refractivity contribution in [2.24, 2.45) is 0 Å². The van der Waals surface area contributed by atoms with Crippen molar-refractivity contribution in [3.05, 3.63) is 0 Å². The number of rotatable bonds is 45. The molecule has 56 heavy (non-hydrogen) atoms. The van der Waals surface area contributed by atoms with Gasteiger partial charge in [0.25, 0.3) is 0 Å². The van der Waals surface area contributed by atoms with Crippen molar-refractivity contribution in [1.82, 2.24) is 0 Å². The summed E-state index contributed by atoms with van der Waals surface area (Å²) in [7, 11) is -4.61. The molecule has 0 spiro atoms. The van der Waals surface area contributed by atoms with Crippen LogP contribution >= 0.6 is 7.82 Å². The lowest BCUT2D eigenvalue weighted by atomic mass is 10.0. The zero-order chi connectivity index (χ0) is 41.2. The minimum atomic E-state index is -4.61. The van der Waals surface area contributed by atoms with Gasteiger partial charge in [0.15, 0.2) is 6.10 Å². The molecule has 0 radical (unpaired) electrons. The second kappa shape index (κ2) is 42.1. The van der Waals surface area contributed by atoms with Crippen LogP contribution in [-0.4, -0.2) is 65.7 Å². The van der Waals surface area contributed by atoms with Crippen molar-refractivity contribution in [2.45, 2.75) is 251 Å². The summed E-state index contributed by atoms with van der Waals surface area (Å²) in [6, 6.07) is 0. The number of aliphatic hydroxyl groups excluding tert-OH is 2. The quantitative estimate of drug-likeness (QED) is 0.0308. The molecule has 0 saturated heterocycles. The van der Waals surface area contributed by atoms with Crippen molar-refractivity contribution in [3.63, 3.8) is 0 Å². The highest BCUT2D eigenvalue weighted by atomic mass is 31.2. The lowest BCUT2D eigenvalue weighted by Gasteiger charge is -2.20. The lowest BCUT2D eigenvalue weighted by Crippen LogP contribution is -2.29. The fourth-order valence-electron chi connectivity index (χ4n) is 6.88. The van der Waals surface area contributed by atoms with Crippen LogP contribution in [0.15, 0.2) is 0 Å². The highest BCUT2D eigenvalue weighted by Gasteiger charge is 2.27. The SMILES string of the molecule is CCCCCCCCCCCCCCCCCCCCC(=O)OC(COC(=O)CCCCCCCCCCCCCCCCC)COP(=O)(O)OCC(O)CO. The maximum Gasteiger partial charge on any atom is 0.472 e. The monoisotopic (exact) mass is 821 g/mol. The van der Waals surface area contributed by atoms with Crippen LogP contribution in [-0.2, 0) is 32.7 Å². The van der Waals surface area contributed by atoms with Gasteiger partial charge < -0.3 is 24.6 Å². The Morgan fingerprint density at radius 2 is 0.768 bits per heavy atom. The number of hydrogen-bond acceptors (Lipinski definition) is 9. The molecule has 0 rings (SSSR count). The van der Waals surface area contributed by atoms with Gasteiger partial charge in [-0.05, 0) is 12.8 Å². The first-order valence-electron chi connectivity index (χ1n) is 23.5. The Hall–Kier alpha value is -1.03. The van der Waals surface area contributed by atoms with Gasteiger partial charge in [0.1, 0.15) is 12.7 Å². The largest absolute Gasteiger partial charge is 0.472 e. The third kappa shape index (κ3) is 41.1. The Morgan fingerprint density at radius 3 is 1.11 bits per heavy atom. The summed E-state index contributed by atoms with van der Waals surface area (Å²) < 4.78 is 32.8. The normalized spacial score (nSPS) is 13.7. The van der Waals surface area contributed by atoms with E-state index in [0.29, 0.717) is 12.8 Å². The minimum absolute atomic E-state index is 0.193. The van der Waals surface area contributed by atoms with Crippen molar-refractivity contribution >= 4 is 19.8 Å². The predicted octanol–water partition coefficient (Wildman–Crippen LogP) is 12.6. The fraction of sp³-hybridized carbons (Fsp3) is 0.956. The lowest BCUT2D eigenvalue weighted by molar-refractivity contribution is -0.161. The topological polar surface area (TPSA) is 149 Å². The Bertz CT molecular complexity index is 904. The van der Waals surface area contributed by atoms with Gasteiger partial charge in [-0.1, -0.05) is 213 Å². The molecule has 0 aliphatic heterocycles. The molecule has 0 bridgehead atoms. The van der Waals surface area contributed by atoms with E-state index < -0.39 is 51.8 Å². The predicted molar refractivity (Wildman–Crippen MR) is 229 cm³/mol. The van der Waals surface area contributed by atoms with Gasteiger partial charge in [-0.3, -0.25) is 18.6 Å². The molecule has 0 heterocycles. The molecule has 0 amide bonds. The highest BCUT2D eigenvalue weighted by molar-refractivity contribution is 7.47. The van der Waals surface area contributed by atoms with E-state index in [2.05, 4.69) is 13.8 Å². The maximum atomic E-state index is 12.6. The van der Waals surface area contributed by atoms with E-state index in [4.69, 9.17) is 23.6 Å². The smallest absolute Gasteiger partial charge is 0.462 e. The molecule has 0 aromatic carbocycles. The molecule has 0 aliphatic rings. The molecule has 3 N–H and O–H groups in total. The van der Waals surface area contributed by atoms with Crippen molar-refractivity contribution in [1.29, 1.82) is 0 Å². The van der Waals surface area contributed by atoms with Crippen LogP contribution in [0.1, 0.15) is 239 Å². The average molecular weight is 821 g/mol. The molecule has 11 heteroatoms.